The summed E-state index contributed by atoms with van der Waals surface area (Å²) in [5, 5.41) is 0.710. The van der Waals surface area contributed by atoms with Gasteiger partial charge in [0.1, 0.15) is 16.5 Å². The Hall–Kier alpha value is -3.06. The molecule has 0 spiro atoms. The summed E-state index contributed by atoms with van der Waals surface area (Å²) in [5.41, 5.74) is 9.30. The van der Waals surface area contributed by atoms with E-state index in [0.29, 0.717) is 23.2 Å². The smallest absolute Gasteiger partial charge is 0.227 e. The Kier molecular flexibility index (Phi) is 4.92. The number of carbonyl (C=O) groups excluding carboxylic acids is 1. The maximum Gasteiger partial charge on any atom is 0.227 e. The number of aromatic nitrogens is 2. The number of primary amides is 1. The van der Waals surface area contributed by atoms with Crippen LogP contribution in [0.2, 0.25) is 0 Å². The first-order chi connectivity index (χ1) is 13.5. The lowest BCUT2D eigenvalue weighted by molar-refractivity contribution is -0.115. The van der Waals surface area contributed by atoms with Crippen molar-refractivity contribution in [1.29, 1.82) is 0 Å². The molecule has 1 aliphatic heterocycles. The molecule has 142 valence electrons. The topological polar surface area (TPSA) is 87.3 Å². The molecule has 2 aromatic carbocycles. The molecule has 3 aromatic rings. The highest BCUT2D eigenvalue weighted by molar-refractivity contribution is 7.99. The van der Waals surface area contributed by atoms with E-state index in [2.05, 4.69) is 11.1 Å². The van der Waals surface area contributed by atoms with E-state index in [4.69, 9.17) is 20.2 Å². The van der Waals surface area contributed by atoms with Crippen LogP contribution in [0.1, 0.15) is 16.7 Å². The van der Waals surface area contributed by atoms with Gasteiger partial charge in [0.15, 0.2) is 5.82 Å². The van der Waals surface area contributed by atoms with Gasteiger partial charge in [0, 0.05) is 12.0 Å². The zero-order valence-electron chi connectivity index (χ0n) is 15.6. The number of hydrogen-bond donors (Lipinski definition) is 1. The third-order valence-electron chi connectivity index (χ3n) is 4.42. The van der Waals surface area contributed by atoms with E-state index >= 15 is 0 Å². The third kappa shape index (κ3) is 3.66. The number of carbonyl (C=O) groups is 1. The van der Waals surface area contributed by atoms with Crippen molar-refractivity contribution in [3.8, 4) is 28.8 Å². The van der Waals surface area contributed by atoms with Crippen LogP contribution in [-0.4, -0.2) is 28.7 Å². The van der Waals surface area contributed by atoms with Crippen LogP contribution in [0.3, 0.4) is 0 Å². The maximum absolute atomic E-state index is 11.3. The average Bonchev–Trinajstić information content (AvgIpc) is 2.70. The molecule has 0 bridgehead atoms. The van der Waals surface area contributed by atoms with Gasteiger partial charge in [-0.1, -0.05) is 29.5 Å². The SMILES string of the molecule is COc1ccc(-c2nc3c(c(SCC(N)=O)n2)Cc2cc(C)ccc2O3)cc1. The van der Waals surface area contributed by atoms with Crippen LogP contribution in [-0.2, 0) is 11.2 Å². The number of ether oxygens (including phenoxy) is 2. The summed E-state index contributed by atoms with van der Waals surface area (Å²) >= 11 is 1.31. The van der Waals surface area contributed by atoms with E-state index < -0.39 is 5.91 Å². The number of hydrogen-bond acceptors (Lipinski definition) is 6. The second-order valence-corrected chi connectivity index (χ2v) is 7.47. The van der Waals surface area contributed by atoms with Crippen molar-refractivity contribution in [2.45, 2.75) is 18.4 Å². The van der Waals surface area contributed by atoms with Crippen LogP contribution in [0, 0.1) is 6.92 Å². The minimum atomic E-state index is -0.392. The minimum absolute atomic E-state index is 0.145. The van der Waals surface area contributed by atoms with Gasteiger partial charge in [-0.05, 0) is 42.8 Å². The van der Waals surface area contributed by atoms with Crippen molar-refractivity contribution < 1.29 is 14.3 Å². The summed E-state index contributed by atoms with van der Waals surface area (Å²) < 4.78 is 11.3. The molecule has 2 N–H and O–H groups in total. The fourth-order valence-electron chi connectivity index (χ4n) is 3.05. The Morgan fingerprint density at radius 2 is 2.00 bits per heavy atom. The molecule has 28 heavy (non-hydrogen) atoms. The first-order valence-electron chi connectivity index (χ1n) is 8.77. The molecule has 0 saturated heterocycles. The Bertz CT molecular complexity index is 1050. The number of aryl methyl sites for hydroxylation is 1. The maximum atomic E-state index is 11.3. The van der Waals surface area contributed by atoms with E-state index in [0.717, 1.165) is 33.8 Å². The van der Waals surface area contributed by atoms with Crippen LogP contribution < -0.4 is 15.2 Å². The fraction of sp³-hybridized carbons (Fsp3) is 0.190. The Balaban J connectivity index is 1.78. The minimum Gasteiger partial charge on any atom is -0.497 e. The summed E-state index contributed by atoms with van der Waals surface area (Å²) in [5.74, 6) is 2.35. The summed E-state index contributed by atoms with van der Waals surface area (Å²) in [4.78, 5) is 20.7. The number of amides is 1. The first kappa shape index (κ1) is 18.3. The van der Waals surface area contributed by atoms with Gasteiger partial charge in [-0.3, -0.25) is 4.79 Å². The normalized spacial score (nSPS) is 11.9. The summed E-state index contributed by atoms with van der Waals surface area (Å²) in [6.45, 7) is 2.04. The van der Waals surface area contributed by atoms with Crippen LogP contribution in [0.4, 0.5) is 0 Å². The molecular weight excluding hydrogens is 374 g/mol. The molecule has 0 saturated carbocycles. The number of nitrogens with two attached hydrogens (primary N) is 1. The zero-order chi connectivity index (χ0) is 19.7. The van der Waals surface area contributed by atoms with Crippen molar-refractivity contribution in [2.75, 3.05) is 12.9 Å². The Morgan fingerprint density at radius 3 is 2.71 bits per heavy atom. The van der Waals surface area contributed by atoms with E-state index in [-0.39, 0.29) is 5.75 Å². The summed E-state index contributed by atoms with van der Waals surface area (Å²) in [6, 6.07) is 13.6. The first-order valence-corrected chi connectivity index (χ1v) is 9.76. The van der Waals surface area contributed by atoms with Crippen molar-refractivity contribution in [3.05, 3.63) is 59.2 Å². The van der Waals surface area contributed by atoms with Gasteiger partial charge < -0.3 is 15.2 Å². The van der Waals surface area contributed by atoms with Gasteiger partial charge in [-0.15, -0.1) is 0 Å². The van der Waals surface area contributed by atoms with E-state index in [1.807, 2.05) is 43.3 Å². The van der Waals surface area contributed by atoms with Crippen molar-refractivity contribution in [2.24, 2.45) is 5.73 Å². The van der Waals surface area contributed by atoms with Crippen LogP contribution >= 0.6 is 11.8 Å². The number of fused-ring (bicyclic) bond motifs is 2. The second kappa shape index (κ2) is 7.52. The summed E-state index contributed by atoms with van der Waals surface area (Å²) in [6.07, 6.45) is 0.649. The lowest BCUT2D eigenvalue weighted by Crippen LogP contribution is -2.14. The van der Waals surface area contributed by atoms with Gasteiger partial charge in [-0.25, -0.2) is 4.98 Å². The van der Waals surface area contributed by atoms with Crippen LogP contribution in [0.25, 0.3) is 11.4 Å². The molecule has 0 fully saturated rings. The largest absolute Gasteiger partial charge is 0.497 e. The van der Waals surface area contributed by atoms with Crippen molar-refractivity contribution >= 4 is 17.7 Å². The molecule has 0 unspecified atom stereocenters. The van der Waals surface area contributed by atoms with E-state index in [1.165, 1.54) is 11.8 Å². The standard InChI is InChI=1S/C21H19N3O3S/c1-12-3-8-17-14(9-12)10-16-20(27-17)23-19(24-21(16)28-11-18(22)25)13-4-6-15(26-2)7-5-13/h3-9H,10-11H2,1-2H3,(H2,22,25). The third-order valence-corrected chi connectivity index (χ3v) is 5.46. The highest BCUT2D eigenvalue weighted by Crippen LogP contribution is 2.40. The number of thioether (sulfide) groups is 1. The van der Waals surface area contributed by atoms with Crippen molar-refractivity contribution in [1.82, 2.24) is 9.97 Å². The van der Waals surface area contributed by atoms with E-state index in [1.54, 1.807) is 7.11 Å². The molecule has 0 radical (unpaired) electrons. The van der Waals surface area contributed by atoms with Gasteiger partial charge >= 0.3 is 0 Å². The molecule has 1 aliphatic rings. The number of nitrogens with zero attached hydrogens (tertiary/aromatic N) is 2. The molecule has 2 heterocycles. The quantitative estimate of drug-likeness (QED) is 0.411. The number of methoxy groups -OCH3 is 1. The van der Waals surface area contributed by atoms with Crippen molar-refractivity contribution in [3.63, 3.8) is 0 Å². The van der Waals surface area contributed by atoms with Gasteiger partial charge in [-0.2, -0.15) is 4.98 Å². The fourth-order valence-corrected chi connectivity index (χ4v) is 3.81. The van der Waals surface area contributed by atoms with Gasteiger partial charge in [0.2, 0.25) is 11.8 Å². The predicted molar refractivity (Wildman–Crippen MR) is 108 cm³/mol. The van der Waals surface area contributed by atoms with Gasteiger partial charge in [0.25, 0.3) is 0 Å². The molecule has 7 heteroatoms. The summed E-state index contributed by atoms with van der Waals surface area (Å²) in [7, 11) is 1.62. The monoisotopic (exact) mass is 393 g/mol. The lowest BCUT2D eigenvalue weighted by atomic mass is 10.0. The van der Waals surface area contributed by atoms with Crippen LogP contribution in [0.5, 0.6) is 17.4 Å². The van der Waals surface area contributed by atoms with E-state index in [9.17, 15) is 4.79 Å². The highest BCUT2D eigenvalue weighted by Gasteiger charge is 2.24. The van der Waals surface area contributed by atoms with Gasteiger partial charge in [0.05, 0.1) is 18.4 Å². The molecule has 1 amide bonds. The molecule has 6 nitrogen and oxygen atoms in total. The molecule has 1 aromatic heterocycles. The predicted octanol–water partition coefficient (Wildman–Crippen LogP) is 3.73. The van der Waals surface area contributed by atoms with Crippen LogP contribution in [0.15, 0.2) is 47.5 Å². The number of rotatable bonds is 5. The second-order valence-electron chi connectivity index (χ2n) is 6.51. The highest BCUT2D eigenvalue weighted by atomic mass is 32.2. The lowest BCUT2D eigenvalue weighted by Gasteiger charge is -2.22. The molecule has 0 atom stereocenters. The zero-order valence-corrected chi connectivity index (χ0v) is 16.4. The Labute approximate surface area is 167 Å². The number of benzene rings is 2. The molecule has 4 rings (SSSR count). The average molecular weight is 393 g/mol. The molecule has 0 aliphatic carbocycles. The Morgan fingerprint density at radius 1 is 1.21 bits per heavy atom. The molecular formula is C21H19N3O3S.